The van der Waals surface area contributed by atoms with E-state index in [-0.39, 0.29) is 10.4 Å². The van der Waals surface area contributed by atoms with Crippen molar-refractivity contribution in [1.29, 1.82) is 0 Å². The highest BCUT2D eigenvalue weighted by molar-refractivity contribution is 8.00. The Balaban J connectivity index is 2.44. The van der Waals surface area contributed by atoms with Crippen molar-refractivity contribution < 1.29 is 18.4 Å². The molecule has 0 aliphatic heterocycles. The Labute approximate surface area is 126 Å². The maximum Gasteiger partial charge on any atom is 0.313 e. The fourth-order valence-corrected chi connectivity index (χ4v) is 2.19. The Hall–Kier alpha value is -1.63. The van der Waals surface area contributed by atoms with Crippen LogP contribution in [0.3, 0.4) is 0 Å². The van der Waals surface area contributed by atoms with E-state index in [1.54, 1.807) is 11.8 Å². The lowest BCUT2D eigenvalue weighted by Gasteiger charge is -2.17. The molecule has 1 rings (SSSR count). The lowest BCUT2D eigenvalue weighted by Crippen LogP contribution is -2.37. The first-order valence-electron chi connectivity index (χ1n) is 6.37. The zero-order valence-corrected chi connectivity index (χ0v) is 12.9. The van der Waals surface area contributed by atoms with Gasteiger partial charge in [-0.3, -0.25) is 9.59 Å². The first-order chi connectivity index (χ1) is 9.69. The second-order valence-electron chi connectivity index (χ2n) is 5.30. The predicted octanol–water partition coefficient (Wildman–Crippen LogP) is 2.55. The first kappa shape index (κ1) is 17.4. The number of nitrogens with one attached hydrogen (secondary N) is 2. The fraction of sp³-hybridized carbons (Fsp3) is 0.429. The molecule has 0 aliphatic rings. The van der Waals surface area contributed by atoms with E-state index in [0.29, 0.717) is 12.3 Å². The van der Waals surface area contributed by atoms with Crippen LogP contribution in [-0.2, 0) is 9.59 Å². The number of hydrogen-bond donors (Lipinski definition) is 2. The Morgan fingerprint density at radius 1 is 1.19 bits per heavy atom. The minimum atomic E-state index is -1.03. The molecule has 0 unspecified atom stereocenters. The number of benzene rings is 1. The van der Waals surface area contributed by atoms with Crippen LogP contribution in [0.1, 0.15) is 20.8 Å². The average molecular weight is 316 g/mol. The molecule has 116 valence electrons. The van der Waals surface area contributed by atoms with Gasteiger partial charge in [0.25, 0.3) is 0 Å². The molecule has 0 bridgehead atoms. The lowest BCUT2D eigenvalue weighted by molar-refractivity contribution is -0.136. The van der Waals surface area contributed by atoms with Crippen LogP contribution in [0.2, 0.25) is 0 Å². The highest BCUT2D eigenvalue weighted by Crippen LogP contribution is 2.22. The van der Waals surface area contributed by atoms with E-state index in [1.807, 2.05) is 26.1 Å². The van der Waals surface area contributed by atoms with Crippen LogP contribution in [-0.4, -0.2) is 28.9 Å². The van der Waals surface area contributed by atoms with Crippen LogP contribution >= 0.6 is 11.8 Å². The molecule has 7 heteroatoms. The molecular weight excluding hydrogens is 298 g/mol. The number of carbonyl (C=O) groups is 2. The molecule has 21 heavy (non-hydrogen) atoms. The Morgan fingerprint density at radius 3 is 2.48 bits per heavy atom. The van der Waals surface area contributed by atoms with Crippen LogP contribution in [0.5, 0.6) is 0 Å². The van der Waals surface area contributed by atoms with Crippen LogP contribution in [0.25, 0.3) is 0 Å². The van der Waals surface area contributed by atoms with Gasteiger partial charge in [0.15, 0.2) is 0 Å². The summed E-state index contributed by atoms with van der Waals surface area (Å²) in [5.41, 5.74) is -0.362. The molecule has 0 spiro atoms. The van der Waals surface area contributed by atoms with Gasteiger partial charge in [0.2, 0.25) is 0 Å². The zero-order chi connectivity index (χ0) is 16.0. The third kappa shape index (κ3) is 6.57. The summed E-state index contributed by atoms with van der Waals surface area (Å²) in [5, 5.41) is 4.46. The minimum absolute atomic E-state index is 0.0671. The van der Waals surface area contributed by atoms with Crippen molar-refractivity contribution in [1.82, 2.24) is 5.32 Å². The van der Waals surface area contributed by atoms with Crippen molar-refractivity contribution >= 4 is 29.3 Å². The summed E-state index contributed by atoms with van der Waals surface area (Å²) in [6.07, 6.45) is 0. The van der Waals surface area contributed by atoms with E-state index in [0.717, 1.165) is 18.2 Å². The highest BCUT2D eigenvalue weighted by atomic mass is 32.2. The highest BCUT2D eigenvalue weighted by Gasteiger charge is 2.16. The van der Waals surface area contributed by atoms with Gasteiger partial charge in [-0.1, -0.05) is 20.8 Å². The van der Waals surface area contributed by atoms with Gasteiger partial charge >= 0.3 is 11.8 Å². The van der Waals surface area contributed by atoms with Crippen molar-refractivity contribution in [3.05, 3.63) is 29.8 Å². The number of halogens is 2. The number of carbonyl (C=O) groups excluding carboxylic acids is 2. The molecule has 1 aromatic carbocycles. The molecule has 0 radical (unpaired) electrons. The van der Waals surface area contributed by atoms with Crippen molar-refractivity contribution in [2.45, 2.75) is 25.5 Å². The van der Waals surface area contributed by atoms with E-state index in [9.17, 15) is 18.4 Å². The summed E-state index contributed by atoms with van der Waals surface area (Å²) in [4.78, 5) is 23.1. The van der Waals surface area contributed by atoms with E-state index in [1.165, 1.54) is 0 Å². The summed E-state index contributed by atoms with van der Waals surface area (Å²) in [5.74, 6) is -2.76. The van der Waals surface area contributed by atoms with E-state index >= 15 is 0 Å². The molecule has 0 fully saturated rings. The molecule has 0 saturated heterocycles. The van der Waals surface area contributed by atoms with Crippen molar-refractivity contribution in [2.75, 3.05) is 17.6 Å². The standard InChI is InChI=1S/C14H18F2N2O2S/c1-14(2,3)21-7-6-17-12(19)13(20)18-11-8-9(15)4-5-10(11)16/h4-5,8H,6-7H2,1-3H3,(H,17,19)(H,18,20). The third-order valence-corrected chi connectivity index (χ3v) is 3.58. The van der Waals surface area contributed by atoms with Crippen molar-refractivity contribution in [3.8, 4) is 0 Å². The molecule has 0 saturated carbocycles. The van der Waals surface area contributed by atoms with Gasteiger partial charge < -0.3 is 10.6 Å². The Kier molecular flexibility index (Phi) is 6.14. The molecule has 0 atom stereocenters. The van der Waals surface area contributed by atoms with Gasteiger partial charge in [-0.2, -0.15) is 11.8 Å². The van der Waals surface area contributed by atoms with Gasteiger partial charge in [0, 0.05) is 23.1 Å². The van der Waals surface area contributed by atoms with Gasteiger partial charge in [-0.05, 0) is 12.1 Å². The quantitative estimate of drug-likeness (QED) is 0.663. The van der Waals surface area contributed by atoms with Crippen LogP contribution in [0, 0.1) is 11.6 Å². The molecule has 0 heterocycles. The maximum atomic E-state index is 13.3. The third-order valence-electron chi connectivity index (χ3n) is 2.31. The van der Waals surface area contributed by atoms with Gasteiger partial charge in [0.1, 0.15) is 11.6 Å². The summed E-state index contributed by atoms with van der Waals surface area (Å²) < 4.78 is 26.3. The fourth-order valence-electron chi connectivity index (χ4n) is 1.37. The summed E-state index contributed by atoms with van der Waals surface area (Å²) in [6.45, 7) is 6.44. The van der Waals surface area contributed by atoms with Gasteiger partial charge in [-0.15, -0.1) is 0 Å². The van der Waals surface area contributed by atoms with Crippen LogP contribution in [0.15, 0.2) is 18.2 Å². The Morgan fingerprint density at radius 2 is 1.86 bits per heavy atom. The number of hydrogen-bond acceptors (Lipinski definition) is 3. The topological polar surface area (TPSA) is 58.2 Å². The van der Waals surface area contributed by atoms with E-state index in [2.05, 4.69) is 5.32 Å². The first-order valence-corrected chi connectivity index (χ1v) is 7.36. The number of anilines is 1. The van der Waals surface area contributed by atoms with Crippen LogP contribution < -0.4 is 10.6 Å². The normalized spacial score (nSPS) is 11.1. The Bertz CT molecular complexity index is 530. The molecule has 1 aromatic rings. The SMILES string of the molecule is CC(C)(C)SCCNC(=O)C(=O)Nc1cc(F)ccc1F. The maximum absolute atomic E-state index is 13.3. The summed E-state index contributed by atoms with van der Waals surface area (Å²) in [6, 6.07) is 2.62. The van der Waals surface area contributed by atoms with E-state index in [4.69, 9.17) is 0 Å². The minimum Gasteiger partial charge on any atom is -0.347 e. The number of rotatable bonds is 4. The molecule has 0 aromatic heterocycles. The molecular formula is C14H18F2N2O2S. The molecule has 4 nitrogen and oxygen atoms in total. The predicted molar refractivity (Wildman–Crippen MR) is 80.2 cm³/mol. The second-order valence-corrected chi connectivity index (χ2v) is 7.22. The summed E-state index contributed by atoms with van der Waals surface area (Å²) >= 11 is 1.64. The van der Waals surface area contributed by atoms with Crippen molar-refractivity contribution in [3.63, 3.8) is 0 Å². The zero-order valence-electron chi connectivity index (χ0n) is 12.1. The number of amides is 2. The monoisotopic (exact) mass is 316 g/mol. The largest absolute Gasteiger partial charge is 0.347 e. The lowest BCUT2D eigenvalue weighted by atomic mass is 10.3. The summed E-state index contributed by atoms with van der Waals surface area (Å²) in [7, 11) is 0. The molecule has 2 amide bonds. The second kappa shape index (κ2) is 7.40. The van der Waals surface area contributed by atoms with Gasteiger partial charge in [-0.25, -0.2) is 8.78 Å². The van der Waals surface area contributed by atoms with Crippen molar-refractivity contribution in [2.24, 2.45) is 0 Å². The average Bonchev–Trinajstić information content (AvgIpc) is 2.37. The number of thioether (sulfide) groups is 1. The smallest absolute Gasteiger partial charge is 0.313 e. The van der Waals surface area contributed by atoms with Crippen LogP contribution in [0.4, 0.5) is 14.5 Å². The molecule has 0 aliphatic carbocycles. The molecule has 2 N–H and O–H groups in total. The van der Waals surface area contributed by atoms with Gasteiger partial charge in [0.05, 0.1) is 5.69 Å². The van der Waals surface area contributed by atoms with E-state index < -0.39 is 23.4 Å².